The highest BCUT2D eigenvalue weighted by Crippen LogP contribution is 2.24. The molecule has 118 valence electrons. The molecule has 1 fully saturated rings. The Balaban J connectivity index is 1.80. The molecule has 2 rings (SSSR count). The van der Waals surface area contributed by atoms with Gasteiger partial charge in [0.15, 0.2) is 4.47 Å². The molecule has 0 bridgehead atoms. The predicted octanol–water partition coefficient (Wildman–Crippen LogP) is 3.29. The van der Waals surface area contributed by atoms with Crippen LogP contribution in [0, 0.1) is 0 Å². The maximum absolute atomic E-state index is 11.7. The molecule has 7 heteroatoms. The van der Waals surface area contributed by atoms with Gasteiger partial charge >= 0.3 is 6.09 Å². The van der Waals surface area contributed by atoms with E-state index in [9.17, 15) is 4.79 Å². The van der Waals surface area contributed by atoms with E-state index < -0.39 is 5.60 Å². The van der Waals surface area contributed by atoms with Crippen molar-refractivity contribution in [2.45, 2.75) is 51.8 Å². The summed E-state index contributed by atoms with van der Waals surface area (Å²) in [6, 6.07) is 0.346. The molecule has 0 spiro atoms. The molecule has 1 amide bonds. The number of hydrogen-bond donors (Lipinski definition) is 1. The minimum Gasteiger partial charge on any atom is -0.444 e. The highest BCUT2D eigenvalue weighted by molar-refractivity contribution is 7.15. The van der Waals surface area contributed by atoms with Gasteiger partial charge in [-0.2, -0.15) is 0 Å². The number of amides is 1. The Bertz CT molecular complexity index is 487. The number of thiazole rings is 1. The van der Waals surface area contributed by atoms with Crippen LogP contribution in [0.4, 0.5) is 4.79 Å². The number of hydrogen-bond acceptors (Lipinski definition) is 5. The largest absolute Gasteiger partial charge is 0.444 e. The Morgan fingerprint density at radius 3 is 3.00 bits per heavy atom. The fourth-order valence-corrected chi connectivity index (χ4v) is 3.41. The SMILES string of the molecule is CC(C)(C)OC(=O)NC[C@@H]1CCCN1Cc1cnc(Cl)s1. The average molecular weight is 332 g/mol. The molecule has 1 aromatic heterocycles. The number of rotatable bonds is 4. The van der Waals surface area contributed by atoms with E-state index in [0.29, 0.717) is 17.1 Å². The monoisotopic (exact) mass is 331 g/mol. The van der Waals surface area contributed by atoms with Crippen molar-refractivity contribution in [2.75, 3.05) is 13.1 Å². The number of nitrogens with one attached hydrogen (secondary N) is 1. The zero-order valence-corrected chi connectivity index (χ0v) is 14.3. The Kier molecular flexibility index (Phi) is 5.46. The highest BCUT2D eigenvalue weighted by atomic mass is 35.5. The third-order valence-corrected chi connectivity index (χ3v) is 4.36. The lowest BCUT2D eigenvalue weighted by Crippen LogP contribution is -2.41. The molecular formula is C14H22ClN3O2S. The fraction of sp³-hybridized carbons (Fsp3) is 0.714. The minimum atomic E-state index is -0.459. The standard InChI is InChI=1S/C14H22ClN3O2S/c1-14(2,3)20-13(19)17-7-10-5-4-6-18(10)9-11-8-16-12(15)21-11/h8,10H,4-7,9H2,1-3H3,(H,17,19)/t10-/m0/s1. The van der Waals surface area contributed by atoms with Gasteiger partial charge in [-0.25, -0.2) is 9.78 Å². The molecular weight excluding hydrogens is 310 g/mol. The summed E-state index contributed by atoms with van der Waals surface area (Å²) in [7, 11) is 0. The molecule has 1 aliphatic rings. The van der Waals surface area contributed by atoms with E-state index in [2.05, 4.69) is 15.2 Å². The zero-order chi connectivity index (χ0) is 15.5. The summed E-state index contributed by atoms with van der Waals surface area (Å²) in [5.74, 6) is 0. The number of alkyl carbamates (subject to hydrolysis) is 1. The predicted molar refractivity (Wildman–Crippen MR) is 84.8 cm³/mol. The zero-order valence-electron chi connectivity index (χ0n) is 12.7. The first-order valence-corrected chi connectivity index (χ1v) is 8.34. The van der Waals surface area contributed by atoms with Crippen molar-refractivity contribution in [3.63, 3.8) is 0 Å². The molecule has 0 aliphatic carbocycles. The second-order valence-corrected chi connectivity index (χ2v) is 7.93. The van der Waals surface area contributed by atoms with Crippen LogP contribution in [-0.2, 0) is 11.3 Å². The molecule has 1 aliphatic heterocycles. The number of carbonyl (C=O) groups is 1. The first-order chi connectivity index (χ1) is 9.83. The summed E-state index contributed by atoms with van der Waals surface area (Å²) in [4.78, 5) is 19.3. The number of aromatic nitrogens is 1. The second kappa shape index (κ2) is 6.94. The molecule has 1 aromatic rings. The van der Waals surface area contributed by atoms with Gasteiger partial charge in [0, 0.05) is 30.2 Å². The summed E-state index contributed by atoms with van der Waals surface area (Å²) < 4.78 is 5.84. The quantitative estimate of drug-likeness (QED) is 0.919. The fourth-order valence-electron chi connectivity index (χ4n) is 2.41. The van der Waals surface area contributed by atoms with Gasteiger partial charge in [0.25, 0.3) is 0 Å². The Morgan fingerprint density at radius 2 is 2.38 bits per heavy atom. The Morgan fingerprint density at radius 1 is 1.62 bits per heavy atom. The van der Waals surface area contributed by atoms with Gasteiger partial charge in [0.1, 0.15) is 5.60 Å². The Labute approximate surface area is 134 Å². The van der Waals surface area contributed by atoms with Crippen molar-refractivity contribution in [3.8, 4) is 0 Å². The second-order valence-electron chi connectivity index (χ2n) is 6.23. The summed E-state index contributed by atoms with van der Waals surface area (Å²) in [5.41, 5.74) is -0.459. The molecule has 2 heterocycles. The first-order valence-electron chi connectivity index (χ1n) is 7.14. The van der Waals surface area contributed by atoms with Crippen molar-refractivity contribution >= 4 is 29.0 Å². The normalized spacial score (nSPS) is 19.7. The molecule has 0 unspecified atom stereocenters. The molecule has 0 saturated carbocycles. The number of carbonyl (C=O) groups excluding carboxylic acids is 1. The van der Waals surface area contributed by atoms with E-state index in [1.54, 1.807) is 0 Å². The molecule has 1 atom stereocenters. The third-order valence-electron chi connectivity index (χ3n) is 3.26. The van der Waals surface area contributed by atoms with Gasteiger partial charge in [-0.15, -0.1) is 11.3 Å². The lowest BCUT2D eigenvalue weighted by molar-refractivity contribution is 0.0512. The summed E-state index contributed by atoms with van der Waals surface area (Å²) in [6.45, 7) is 8.08. The lowest BCUT2D eigenvalue weighted by atomic mass is 10.2. The van der Waals surface area contributed by atoms with E-state index in [-0.39, 0.29) is 6.09 Å². The smallest absolute Gasteiger partial charge is 0.407 e. The van der Waals surface area contributed by atoms with Gasteiger partial charge in [-0.05, 0) is 40.2 Å². The molecule has 0 radical (unpaired) electrons. The first kappa shape index (κ1) is 16.5. The van der Waals surface area contributed by atoms with E-state index in [1.165, 1.54) is 11.3 Å². The summed E-state index contributed by atoms with van der Waals surface area (Å²) in [6.07, 6.45) is 3.70. The molecule has 5 nitrogen and oxygen atoms in total. The van der Waals surface area contributed by atoms with Gasteiger partial charge in [0.05, 0.1) is 0 Å². The van der Waals surface area contributed by atoms with Crippen LogP contribution in [0.5, 0.6) is 0 Å². The molecule has 0 aromatic carbocycles. The summed E-state index contributed by atoms with van der Waals surface area (Å²) in [5, 5.41) is 2.86. The van der Waals surface area contributed by atoms with Crippen LogP contribution < -0.4 is 5.32 Å². The van der Waals surface area contributed by atoms with Crippen LogP contribution in [0.2, 0.25) is 4.47 Å². The average Bonchev–Trinajstić information content (AvgIpc) is 2.94. The molecule has 21 heavy (non-hydrogen) atoms. The van der Waals surface area contributed by atoms with Crippen LogP contribution in [0.25, 0.3) is 0 Å². The number of likely N-dealkylation sites (tertiary alicyclic amines) is 1. The van der Waals surface area contributed by atoms with Gasteiger partial charge in [-0.1, -0.05) is 11.6 Å². The van der Waals surface area contributed by atoms with Gasteiger partial charge < -0.3 is 10.1 Å². The van der Waals surface area contributed by atoms with Crippen LogP contribution in [-0.4, -0.2) is 40.7 Å². The van der Waals surface area contributed by atoms with Crippen molar-refractivity contribution in [2.24, 2.45) is 0 Å². The number of ether oxygens (including phenoxy) is 1. The minimum absolute atomic E-state index is 0.346. The van der Waals surface area contributed by atoms with Crippen LogP contribution >= 0.6 is 22.9 Å². The Hall–Kier alpha value is -0.850. The number of halogens is 1. The van der Waals surface area contributed by atoms with E-state index in [0.717, 1.165) is 30.8 Å². The maximum atomic E-state index is 11.7. The van der Waals surface area contributed by atoms with E-state index in [1.807, 2.05) is 27.0 Å². The van der Waals surface area contributed by atoms with E-state index in [4.69, 9.17) is 16.3 Å². The lowest BCUT2D eigenvalue weighted by Gasteiger charge is -2.25. The van der Waals surface area contributed by atoms with Crippen molar-refractivity contribution < 1.29 is 9.53 Å². The van der Waals surface area contributed by atoms with Crippen LogP contribution in [0.1, 0.15) is 38.5 Å². The van der Waals surface area contributed by atoms with Gasteiger partial charge in [-0.3, -0.25) is 4.90 Å². The van der Waals surface area contributed by atoms with Crippen molar-refractivity contribution in [1.82, 2.24) is 15.2 Å². The van der Waals surface area contributed by atoms with Crippen LogP contribution in [0.3, 0.4) is 0 Å². The number of nitrogens with zero attached hydrogens (tertiary/aromatic N) is 2. The van der Waals surface area contributed by atoms with E-state index >= 15 is 0 Å². The van der Waals surface area contributed by atoms with Crippen LogP contribution in [0.15, 0.2) is 6.20 Å². The molecule has 1 N–H and O–H groups in total. The topological polar surface area (TPSA) is 54.5 Å². The third kappa shape index (κ3) is 5.45. The maximum Gasteiger partial charge on any atom is 0.407 e. The van der Waals surface area contributed by atoms with Crippen molar-refractivity contribution in [1.29, 1.82) is 0 Å². The van der Waals surface area contributed by atoms with Crippen molar-refractivity contribution in [3.05, 3.63) is 15.5 Å². The highest BCUT2D eigenvalue weighted by Gasteiger charge is 2.26. The summed E-state index contributed by atoms with van der Waals surface area (Å²) >= 11 is 7.37. The van der Waals surface area contributed by atoms with Gasteiger partial charge in [0.2, 0.25) is 0 Å². The molecule has 1 saturated heterocycles.